The van der Waals surface area contributed by atoms with Crippen molar-refractivity contribution >= 4 is 17.9 Å². The molecule has 8 rings (SSSR count). The average molecular weight is 813 g/mol. The lowest BCUT2D eigenvalue weighted by Crippen LogP contribution is -2.31. The normalized spacial score (nSPS) is 11.1. The van der Waals surface area contributed by atoms with Crippen LogP contribution in [0.1, 0.15) is 58.9 Å². The monoisotopic (exact) mass is 812 g/mol. The summed E-state index contributed by atoms with van der Waals surface area (Å²) in [5, 5.41) is 0. The third-order valence-corrected chi connectivity index (χ3v) is 11.6. The zero-order valence-electron chi connectivity index (χ0n) is 34.9. The van der Waals surface area contributed by atoms with Crippen LogP contribution in [0.3, 0.4) is 0 Å². The molecule has 0 saturated carbocycles. The molecule has 0 aliphatic heterocycles. The molecule has 0 unspecified atom stereocenters. The third kappa shape index (κ3) is 8.06. The molecule has 6 heteroatoms. The highest BCUT2D eigenvalue weighted by atomic mass is 16.5. The lowest BCUT2D eigenvalue weighted by Gasteiger charge is -2.37. The van der Waals surface area contributed by atoms with Crippen molar-refractivity contribution in [2.24, 2.45) is 0 Å². The Morgan fingerprint density at radius 1 is 0.290 bits per heavy atom. The van der Waals surface area contributed by atoms with Gasteiger partial charge < -0.3 is 14.2 Å². The number of aryl methyl sites for hydroxylation is 1. The first-order valence-corrected chi connectivity index (χ1v) is 20.3. The Kier molecular flexibility index (Phi) is 11.7. The molecule has 62 heavy (non-hydrogen) atoms. The summed E-state index contributed by atoms with van der Waals surface area (Å²) in [4.78, 5) is 36.5. The molecule has 0 heterocycles. The van der Waals surface area contributed by atoms with Gasteiger partial charge in [0.05, 0.1) is 43.4 Å². The van der Waals surface area contributed by atoms with Gasteiger partial charge >= 0.3 is 17.9 Å². The van der Waals surface area contributed by atoms with Crippen molar-refractivity contribution in [2.45, 2.75) is 12.3 Å². The van der Waals surface area contributed by atoms with Crippen LogP contribution < -0.4 is 0 Å². The summed E-state index contributed by atoms with van der Waals surface area (Å²) < 4.78 is 14.8. The van der Waals surface area contributed by atoms with Crippen molar-refractivity contribution in [1.29, 1.82) is 0 Å². The number of methoxy groups -OCH3 is 3. The first kappa shape index (κ1) is 40.9. The average Bonchev–Trinajstić information content (AvgIpc) is 3.34. The summed E-state index contributed by atoms with van der Waals surface area (Å²) in [7, 11) is 4.14. The minimum atomic E-state index is -0.792. The highest BCUT2D eigenvalue weighted by Crippen LogP contribution is 2.47. The first-order valence-electron chi connectivity index (χ1n) is 20.3. The van der Waals surface area contributed by atoms with E-state index in [1.165, 1.54) is 26.9 Å². The van der Waals surface area contributed by atoms with E-state index in [0.717, 1.165) is 66.8 Å². The van der Waals surface area contributed by atoms with E-state index in [1.54, 1.807) is 36.4 Å². The predicted octanol–water partition coefficient (Wildman–Crippen LogP) is 12.4. The van der Waals surface area contributed by atoms with Crippen LogP contribution in [0.15, 0.2) is 194 Å². The van der Waals surface area contributed by atoms with Crippen molar-refractivity contribution < 1.29 is 28.6 Å². The zero-order valence-corrected chi connectivity index (χ0v) is 34.9. The fourth-order valence-corrected chi connectivity index (χ4v) is 8.15. The topological polar surface area (TPSA) is 78.9 Å². The maximum atomic E-state index is 12.2. The highest BCUT2D eigenvalue weighted by molar-refractivity contribution is 5.91. The summed E-state index contributed by atoms with van der Waals surface area (Å²) in [6.07, 6.45) is 0. The summed E-state index contributed by atoms with van der Waals surface area (Å²) in [5.74, 6) is -1.13. The van der Waals surface area contributed by atoms with Crippen molar-refractivity contribution in [2.75, 3.05) is 21.3 Å². The zero-order chi connectivity index (χ0) is 43.2. The SMILES string of the molecule is COC(=O)c1ccc(-c2ccc(C(c3ccc(-c4ccc(C)cc4)cc3)(c3ccc(-c4ccc(C(=O)OC)cc4)cc3)c3ccc(-c4ccc(C(=O)OC)cc4)cc3)cc2)cc1. The minimum Gasteiger partial charge on any atom is -0.465 e. The molecule has 0 aliphatic carbocycles. The maximum absolute atomic E-state index is 12.2. The second-order valence-corrected chi connectivity index (χ2v) is 15.1. The quantitative estimate of drug-likeness (QED) is 0.0735. The van der Waals surface area contributed by atoms with Crippen LogP contribution >= 0.6 is 0 Å². The molecule has 0 radical (unpaired) electrons. The number of benzene rings is 8. The van der Waals surface area contributed by atoms with Gasteiger partial charge in [0.1, 0.15) is 0 Å². The summed E-state index contributed by atoms with van der Waals surface area (Å²) in [5.41, 5.74) is 14.3. The first-order chi connectivity index (χ1) is 30.2. The van der Waals surface area contributed by atoms with E-state index >= 15 is 0 Å². The molecule has 0 aliphatic rings. The van der Waals surface area contributed by atoms with Gasteiger partial charge in [0.2, 0.25) is 0 Å². The van der Waals surface area contributed by atoms with Crippen LogP contribution in [0.4, 0.5) is 0 Å². The van der Waals surface area contributed by atoms with Gasteiger partial charge in [0, 0.05) is 0 Å². The van der Waals surface area contributed by atoms with E-state index in [2.05, 4.69) is 128 Å². The van der Waals surface area contributed by atoms with Gasteiger partial charge in [-0.1, -0.05) is 163 Å². The third-order valence-electron chi connectivity index (χ3n) is 11.6. The summed E-state index contributed by atoms with van der Waals surface area (Å²) in [6, 6.07) is 65.7. The molecule has 304 valence electrons. The van der Waals surface area contributed by atoms with E-state index in [4.69, 9.17) is 14.2 Å². The Labute approximate surface area is 362 Å². The van der Waals surface area contributed by atoms with Gasteiger partial charge in [-0.15, -0.1) is 0 Å². The van der Waals surface area contributed by atoms with Gasteiger partial charge in [-0.25, -0.2) is 14.4 Å². The molecule has 8 aromatic rings. The number of ether oxygens (including phenoxy) is 3. The highest BCUT2D eigenvalue weighted by Gasteiger charge is 2.38. The molecule has 0 saturated heterocycles. The molecule has 6 nitrogen and oxygen atoms in total. The van der Waals surface area contributed by atoms with Crippen molar-refractivity contribution in [3.63, 3.8) is 0 Å². The Morgan fingerprint density at radius 2 is 0.468 bits per heavy atom. The molecular weight excluding hydrogens is 769 g/mol. The van der Waals surface area contributed by atoms with Crippen LogP contribution in [-0.4, -0.2) is 39.2 Å². The van der Waals surface area contributed by atoms with Gasteiger partial charge in [0.25, 0.3) is 0 Å². The molecule has 0 spiro atoms. The van der Waals surface area contributed by atoms with Crippen molar-refractivity contribution in [3.8, 4) is 44.5 Å². The van der Waals surface area contributed by atoms with Crippen LogP contribution in [-0.2, 0) is 19.6 Å². The molecule has 0 fully saturated rings. The number of esters is 3. The van der Waals surface area contributed by atoms with E-state index in [0.29, 0.717) is 16.7 Å². The number of hydrogen-bond donors (Lipinski definition) is 0. The van der Waals surface area contributed by atoms with Gasteiger partial charge in [-0.2, -0.15) is 0 Å². The van der Waals surface area contributed by atoms with Gasteiger partial charge in [0.15, 0.2) is 0 Å². The Morgan fingerprint density at radius 3 is 0.661 bits per heavy atom. The molecule has 0 amide bonds. The second-order valence-electron chi connectivity index (χ2n) is 15.1. The van der Waals surface area contributed by atoms with Gasteiger partial charge in [-0.05, 0) is 110 Å². The van der Waals surface area contributed by atoms with E-state index in [-0.39, 0.29) is 17.9 Å². The molecule has 8 aromatic carbocycles. The van der Waals surface area contributed by atoms with Crippen LogP contribution in [0, 0.1) is 6.92 Å². The van der Waals surface area contributed by atoms with Crippen LogP contribution in [0.25, 0.3) is 44.5 Å². The minimum absolute atomic E-state index is 0.376. The van der Waals surface area contributed by atoms with Crippen molar-refractivity contribution in [1.82, 2.24) is 0 Å². The summed E-state index contributed by atoms with van der Waals surface area (Å²) in [6.45, 7) is 2.09. The van der Waals surface area contributed by atoms with E-state index < -0.39 is 5.41 Å². The predicted molar refractivity (Wildman–Crippen MR) is 245 cm³/mol. The fourth-order valence-electron chi connectivity index (χ4n) is 8.15. The van der Waals surface area contributed by atoms with Crippen molar-refractivity contribution in [3.05, 3.63) is 239 Å². The summed E-state index contributed by atoms with van der Waals surface area (Å²) >= 11 is 0. The fraction of sp³-hybridized carbons (Fsp3) is 0.0893. The number of rotatable bonds is 11. The molecule has 0 bridgehead atoms. The molecule has 0 atom stereocenters. The Balaban J connectivity index is 1.30. The number of hydrogen-bond acceptors (Lipinski definition) is 6. The van der Waals surface area contributed by atoms with E-state index in [1.807, 2.05) is 36.4 Å². The van der Waals surface area contributed by atoms with Crippen LogP contribution in [0.5, 0.6) is 0 Å². The molecular formula is C56H44O6. The van der Waals surface area contributed by atoms with E-state index in [9.17, 15) is 14.4 Å². The Bertz CT molecular complexity index is 2580. The number of carbonyl (C=O) groups excluding carboxylic acids is 3. The molecule has 0 aromatic heterocycles. The second kappa shape index (κ2) is 17.8. The number of carbonyl (C=O) groups is 3. The maximum Gasteiger partial charge on any atom is 0.337 e. The van der Waals surface area contributed by atoms with Crippen LogP contribution in [0.2, 0.25) is 0 Å². The molecule has 0 N–H and O–H groups in total. The lowest BCUT2D eigenvalue weighted by molar-refractivity contribution is 0.0592. The Hall–Kier alpha value is -7.83. The lowest BCUT2D eigenvalue weighted by atomic mass is 9.64. The van der Waals surface area contributed by atoms with Gasteiger partial charge in [-0.3, -0.25) is 0 Å². The smallest absolute Gasteiger partial charge is 0.337 e. The standard InChI is InChI=1S/C56H44O6/c1-37-5-7-38(8-6-37)42-21-29-49(30-22-42)56(50-31-23-43(24-32-50)39-9-15-46(16-10-39)53(57)60-2,51-33-25-44(26-34-51)40-11-17-47(18-12-40)54(58)61-3)52-35-27-45(28-36-52)41-13-19-48(20-14-41)55(59)62-4/h5-36H,1-4H3. The largest absolute Gasteiger partial charge is 0.465 e.